The lowest BCUT2D eigenvalue weighted by atomic mass is 10.1. The number of aryl methyl sites for hydroxylation is 1. The van der Waals surface area contributed by atoms with E-state index in [2.05, 4.69) is 10.3 Å². The van der Waals surface area contributed by atoms with Crippen molar-refractivity contribution in [1.82, 2.24) is 14.7 Å². The molecule has 1 N–H and O–H groups in total. The number of methoxy groups -OCH3 is 1. The van der Waals surface area contributed by atoms with Crippen molar-refractivity contribution in [1.29, 1.82) is 5.26 Å². The SMILES string of the molecule is COc1ccccc1Oc1nc2c(C)cccn2c(=O)c1/C=C(\C#N)C(=O)NC1CCCC1. The van der Waals surface area contributed by atoms with E-state index in [4.69, 9.17) is 9.47 Å². The molecule has 3 aromatic rings. The number of nitrogens with zero attached hydrogens (tertiary/aromatic N) is 3. The summed E-state index contributed by atoms with van der Waals surface area (Å²) in [6.07, 6.45) is 6.69. The molecule has 0 unspecified atom stereocenters. The van der Waals surface area contributed by atoms with Gasteiger partial charge in [-0.3, -0.25) is 14.0 Å². The number of para-hydroxylation sites is 2. The number of aromatic nitrogens is 2. The Morgan fingerprint density at radius 1 is 1.21 bits per heavy atom. The number of nitriles is 1. The highest BCUT2D eigenvalue weighted by Gasteiger charge is 2.22. The summed E-state index contributed by atoms with van der Waals surface area (Å²) >= 11 is 0. The zero-order valence-electron chi connectivity index (χ0n) is 18.5. The first-order valence-corrected chi connectivity index (χ1v) is 10.8. The van der Waals surface area contributed by atoms with Crippen molar-refractivity contribution >= 4 is 17.6 Å². The van der Waals surface area contributed by atoms with Crippen LogP contribution in [-0.2, 0) is 4.79 Å². The number of fused-ring (bicyclic) bond motifs is 1. The van der Waals surface area contributed by atoms with Crippen LogP contribution in [0, 0.1) is 18.3 Å². The number of carbonyl (C=O) groups excluding carboxylic acids is 1. The third-order valence-corrected chi connectivity index (χ3v) is 5.67. The highest BCUT2D eigenvalue weighted by Crippen LogP contribution is 2.32. The van der Waals surface area contributed by atoms with Crippen molar-refractivity contribution in [2.24, 2.45) is 0 Å². The Morgan fingerprint density at radius 3 is 2.64 bits per heavy atom. The number of nitrogens with one attached hydrogen (secondary N) is 1. The van der Waals surface area contributed by atoms with Crippen LogP contribution in [0.5, 0.6) is 17.4 Å². The second-order valence-corrected chi connectivity index (χ2v) is 7.90. The quantitative estimate of drug-likeness (QED) is 0.458. The minimum Gasteiger partial charge on any atom is -0.493 e. The maximum atomic E-state index is 13.4. The molecule has 0 aliphatic heterocycles. The van der Waals surface area contributed by atoms with Crippen LogP contribution in [0.15, 0.2) is 53.0 Å². The van der Waals surface area contributed by atoms with Crippen molar-refractivity contribution in [2.75, 3.05) is 7.11 Å². The van der Waals surface area contributed by atoms with Crippen molar-refractivity contribution in [3.05, 3.63) is 69.6 Å². The average Bonchev–Trinajstić information content (AvgIpc) is 3.33. The van der Waals surface area contributed by atoms with Crippen LogP contribution < -0.4 is 20.3 Å². The minimum absolute atomic E-state index is 0.00197. The van der Waals surface area contributed by atoms with E-state index < -0.39 is 11.5 Å². The monoisotopic (exact) mass is 444 g/mol. The number of hydrogen-bond donors (Lipinski definition) is 1. The van der Waals surface area contributed by atoms with Gasteiger partial charge in [-0.25, -0.2) is 0 Å². The van der Waals surface area contributed by atoms with Gasteiger partial charge in [-0.2, -0.15) is 10.2 Å². The Kier molecular flexibility index (Phi) is 6.41. The Bertz CT molecular complexity index is 1330. The van der Waals surface area contributed by atoms with Gasteiger partial charge in [0.2, 0.25) is 5.88 Å². The molecule has 1 aromatic carbocycles. The molecular formula is C25H24N4O4. The summed E-state index contributed by atoms with van der Waals surface area (Å²) in [6, 6.07) is 12.5. The first kappa shape index (κ1) is 22.1. The summed E-state index contributed by atoms with van der Waals surface area (Å²) in [5, 5.41) is 12.6. The molecule has 1 fully saturated rings. The van der Waals surface area contributed by atoms with Crippen LogP contribution in [-0.4, -0.2) is 28.4 Å². The number of pyridine rings is 1. The van der Waals surface area contributed by atoms with E-state index in [1.54, 1.807) is 36.5 Å². The lowest BCUT2D eigenvalue weighted by Gasteiger charge is -2.14. The van der Waals surface area contributed by atoms with E-state index in [-0.39, 0.29) is 23.1 Å². The lowest BCUT2D eigenvalue weighted by Crippen LogP contribution is -2.33. The third kappa shape index (κ3) is 4.58. The predicted octanol–water partition coefficient (Wildman–Crippen LogP) is 3.77. The van der Waals surface area contributed by atoms with Gasteiger partial charge in [-0.05, 0) is 49.6 Å². The number of benzene rings is 1. The highest BCUT2D eigenvalue weighted by atomic mass is 16.5. The molecule has 4 rings (SSSR count). The van der Waals surface area contributed by atoms with Gasteiger partial charge in [0.05, 0.1) is 7.11 Å². The van der Waals surface area contributed by atoms with E-state index in [0.717, 1.165) is 31.2 Å². The second kappa shape index (κ2) is 9.57. The van der Waals surface area contributed by atoms with E-state index in [1.165, 1.54) is 17.6 Å². The maximum Gasteiger partial charge on any atom is 0.269 e. The van der Waals surface area contributed by atoms with Crippen LogP contribution >= 0.6 is 0 Å². The molecule has 168 valence electrons. The van der Waals surface area contributed by atoms with Crippen molar-refractivity contribution < 1.29 is 14.3 Å². The molecule has 2 heterocycles. The molecule has 1 saturated carbocycles. The predicted molar refractivity (Wildman–Crippen MR) is 123 cm³/mol. The first-order chi connectivity index (χ1) is 16.0. The molecule has 8 heteroatoms. The fraction of sp³-hybridized carbons (Fsp3) is 0.280. The van der Waals surface area contributed by atoms with Crippen LogP contribution in [0.3, 0.4) is 0 Å². The zero-order chi connectivity index (χ0) is 23.4. The molecule has 0 bridgehead atoms. The summed E-state index contributed by atoms with van der Waals surface area (Å²) in [4.78, 5) is 30.7. The Hall–Kier alpha value is -4.12. The highest BCUT2D eigenvalue weighted by molar-refractivity contribution is 6.02. The van der Waals surface area contributed by atoms with Crippen LogP contribution in [0.25, 0.3) is 11.7 Å². The average molecular weight is 444 g/mol. The second-order valence-electron chi connectivity index (χ2n) is 7.90. The molecule has 0 saturated heterocycles. The smallest absolute Gasteiger partial charge is 0.269 e. The Balaban J connectivity index is 1.84. The van der Waals surface area contributed by atoms with Crippen LogP contribution in [0.4, 0.5) is 0 Å². The van der Waals surface area contributed by atoms with Crippen molar-refractivity contribution in [2.45, 2.75) is 38.6 Å². The molecule has 0 spiro atoms. The zero-order valence-corrected chi connectivity index (χ0v) is 18.5. The summed E-state index contributed by atoms with van der Waals surface area (Å²) < 4.78 is 12.7. The summed E-state index contributed by atoms with van der Waals surface area (Å²) in [5.74, 6) is 0.286. The molecule has 2 aromatic heterocycles. The van der Waals surface area contributed by atoms with Crippen molar-refractivity contribution in [3.63, 3.8) is 0 Å². The first-order valence-electron chi connectivity index (χ1n) is 10.8. The standard InChI is InChI=1S/C25H24N4O4/c1-16-8-7-13-29-22(16)28-24(33-21-12-6-5-11-20(21)32-2)19(25(29)31)14-17(15-26)23(30)27-18-9-3-4-10-18/h5-8,11-14,18H,3-4,9-10H2,1-2H3,(H,27,30)/b17-14+. The fourth-order valence-corrected chi connectivity index (χ4v) is 3.93. The normalized spacial score (nSPS) is 14.2. The third-order valence-electron chi connectivity index (χ3n) is 5.67. The molecular weight excluding hydrogens is 420 g/mol. The van der Waals surface area contributed by atoms with Gasteiger partial charge in [0.15, 0.2) is 11.5 Å². The van der Waals surface area contributed by atoms with E-state index in [1.807, 2.05) is 19.1 Å². The van der Waals surface area contributed by atoms with Gasteiger partial charge in [0.1, 0.15) is 22.9 Å². The van der Waals surface area contributed by atoms with Gasteiger partial charge in [-0.1, -0.05) is 31.0 Å². The van der Waals surface area contributed by atoms with Gasteiger partial charge in [-0.15, -0.1) is 0 Å². The van der Waals surface area contributed by atoms with Crippen LogP contribution in [0.2, 0.25) is 0 Å². The number of rotatable bonds is 6. The Morgan fingerprint density at radius 2 is 1.94 bits per heavy atom. The summed E-state index contributed by atoms with van der Waals surface area (Å²) in [5.41, 5.74) is 0.559. The largest absolute Gasteiger partial charge is 0.493 e. The van der Waals surface area contributed by atoms with Crippen molar-refractivity contribution in [3.8, 4) is 23.4 Å². The van der Waals surface area contributed by atoms with Gasteiger partial charge in [0, 0.05) is 12.2 Å². The molecule has 0 radical (unpaired) electrons. The fourth-order valence-electron chi connectivity index (χ4n) is 3.93. The number of amides is 1. The van der Waals surface area contributed by atoms with E-state index >= 15 is 0 Å². The Labute approximate surface area is 191 Å². The minimum atomic E-state index is -0.513. The number of ether oxygens (including phenoxy) is 2. The molecule has 33 heavy (non-hydrogen) atoms. The lowest BCUT2D eigenvalue weighted by molar-refractivity contribution is -0.117. The van der Waals surface area contributed by atoms with Gasteiger partial charge >= 0.3 is 0 Å². The topological polar surface area (TPSA) is 106 Å². The van der Waals surface area contributed by atoms with E-state index in [0.29, 0.717) is 17.1 Å². The molecule has 1 amide bonds. The molecule has 1 aliphatic carbocycles. The summed E-state index contributed by atoms with van der Waals surface area (Å²) in [7, 11) is 1.51. The van der Waals surface area contributed by atoms with E-state index in [9.17, 15) is 14.9 Å². The number of carbonyl (C=O) groups is 1. The molecule has 0 atom stereocenters. The maximum absolute atomic E-state index is 13.4. The van der Waals surface area contributed by atoms with Gasteiger partial charge in [0.25, 0.3) is 11.5 Å². The number of hydrogen-bond acceptors (Lipinski definition) is 6. The molecule has 8 nitrogen and oxygen atoms in total. The van der Waals surface area contributed by atoms with Crippen LogP contribution in [0.1, 0.15) is 36.8 Å². The summed E-state index contributed by atoms with van der Waals surface area (Å²) in [6.45, 7) is 1.83. The molecule has 1 aliphatic rings. The van der Waals surface area contributed by atoms with Gasteiger partial charge < -0.3 is 14.8 Å².